The van der Waals surface area contributed by atoms with Gasteiger partial charge in [0.2, 0.25) is 0 Å². The minimum atomic E-state index is -4.39. The lowest BCUT2D eigenvalue weighted by Crippen LogP contribution is -2.46. The Bertz CT molecular complexity index is 1200. The van der Waals surface area contributed by atoms with Crippen LogP contribution in [0.25, 0.3) is 10.8 Å². The van der Waals surface area contributed by atoms with E-state index in [0.29, 0.717) is 28.7 Å². The van der Waals surface area contributed by atoms with E-state index >= 15 is 0 Å². The van der Waals surface area contributed by atoms with Crippen molar-refractivity contribution in [1.82, 2.24) is 5.06 Å². The first-order valence-corrected chi connectivity index (χ1v) is 11.5. The van der Waals surface area contributed by atoms with E-state index in [1.807, 2.05) is 13.8 Å². The number of benzene rings is 2. The first kappa shape index (κ1) is 19.4. The molecule has 1 unspecified atom stereocenters. The number of hydroxylamine groups is 2. The second-order valence-electron chi connectivity index (χ2n) is 9.06. The van der Waals surface area contributed by atoms with E-state index in [9.17, 15) is 22.8 Å². The molecule has 7 nitrogen and oxygen atoms in total. The van der Waals surface area contributed by atoms with Crippen molar-refractivity contribution in [2.75, 3.05) is 5.75 Å². The van der Waals surface area contributed by atoms with E-state index < -0.39 is 38.5 Å². The minimum Gasteiger partial charge on any atom is -0.299 e. The second kappa shape index (κ2) is 5.98. The summed E-state index contributed by atoms with van der Waals surface area (Å²) in [6, 6.07) is 9.96. The number of hydrogen-bond acceptors (Lipinski definition) is 6. The molecule has 0 aromatic heterocycles. The maximum absolute atomic E-state index is 13.0. The molecule has 2 aromatic rings. The fraction of sp³-hybridized carbons (Fsp3) is 0.409. The van der Waals surface area contributed by atoms with Gasteiger partial charge in [-0.15, -0.1) is 9.35 Å². The Kier molecular flexibility index (Phi) is 3.87. The molecular formula is C22H21NO6S. The number of nitrogens with zero attached hydrogens (tertiary/aromatic N) is 1. The largest absolute Gasteiger partial charge is 0.299 e. The summed E-state index contributed by atoms with van der Waals surface area (Å²) in [5.74, 6) is -2.13. The molecule has 2 aliphatic carbocycles. The van der Waals surface area contributed by atoms with Gasteiger partial charge in [0.05, 0.1) is 22.3 Å². The zero-order valence-corrected chi connectivity index (χ0v) is 17.5. The molecule has 1 aliphatic heterocycles. The van der Waals surface area contributed by atoms with Gasteiger partial charge >= 0.3 is 0 Å². The van der Waals surface area contributed by atoms with Crippen LogP contribution in [0, 0.1) is 16.7 Å². The fourth-order valence-electron chi connectivity index (χ4n) is 5.63. The smallest absolute Gasteiger partial charge is 0.289 e. The summed E-state index contributed by atoms with van der Waals surface area (Å²) < 4.78 is 31.1. The Morgan fingerprint density at radius 3 is 2.13 bits per heavy atom. The summed E-state index contributed by atoms with van der Waals surface area (Å²) in [6.45, 7) is 3.83. The number of carbonyl (C=O) groups is 3. The molecule has 156 valence electrons. The standard InChI is InChI=1S/C22H21NO6S/c1-21(2)14-9-10-22(21,17(24)11-14)12-30(27,28)29-23-19(25)15-7-3-5-13-6-4-8-16(18(13)15)20(23)26/h3-8,14H,9-12H2,1-2H3/t14?,22-/m1/s1. The van der Waals surface area contributed by atoms with E-state index in [4.69, 9.17) is 4.28 Å². The Morgan fingerprint density at radius 2 is 1.63 bits per heavy atom. The van der Waals surface area contributed by atoms with Crippen molar-refractivity contribution in [3.05, 3.63) is 47.5 Å². The van der Waals surface area contributed by atoms with Crippen LogP contribution in [0.2, 0.25) is 0 Å². The first-order valence-electron chi connectivity index (χ1n) is 9.93. The number of imide groups is 1. The normalized spacial score (nSPS) is 27.3. The van der Waals surface area contributed by atoms with Gasteiger partial charge in [-0.25, -0.2) is 0 Å². The summed E-state index contributed by atoms with van der Waals surface area (Å²) in [5.41, 5.74) is -1.12. The minimum absolute atomic E-state index is 0.0812. The number of fused-ring (bicyclic) bond motifs is 2. The molecule has 0 radical (unpaired) electrons. The summed E-state index contributed by atoms with van der Waals surface area (Å²) in [5, 5.41) is 1.52. The maximum atomic E-state index is 13.0. The van der Waals surface area contributed by atoms with Crippen LogP contribution in [0.1, 0.15) is 53.8 Å². The molecular weight excluding hydrogens is 406 g/mol. The van der Waals surface area contributed by atoms with Gasteiger partial charge in [-0.05, 0) is 41.7 Å². The van der Waals surface area contributed by atoms with Crippen molar-refractivity contribution in [1.29, 1.82) is 0 Å². The fourth-order valence-corrected chi connectivity index (χ4v) is 7.32. The molecule has 0 saturated heterocycles. The third kappa shape index (κ3) is 2.40. The number of hydrogen-bond donors (Lipinski definition) is 0. The van der Waals surface area contributed by atoms with Gasteiger partial charge in [0, 0.05) is 11.8 Å². The molecule has 2 fully saturated rings. The summed E-state index contributed by atoms with van der Waals surface area (Å²) in [6.07, 6.45) is 1.61. The molecule has 5 rings (SSSR count). The molecule has 2 aromatic carbocycles. The molecule has 2 saturated carbocycles. The van der Waals surface area contributed by atoms with Crippen molar-refractivity contribution in [2.45, 2.75) is 33.1 Å². The van der Waals surface area contributed by atoms with Gasteiger partial charge in [0.15, 0.2) is 0 Å². The summed E-state index contributed by atoms with van der Waals surface area (Å²) >= 11 is 0. The van der Waals surface area contributed by atoms with Gasteiger partial charge < -0.3 is 0 Å². The van der Waals surface area contributed by atoms with Crippen molar-refractivity contribution in [2.24, 2.45) is 16.7 Å². The van der Waals surface area contributed by atoms with Crippen LogP contribution in [0.3, 0.4) is 0 Å². The Labute approximate surface area is 174 Å². The third-order valence-corrected chi connectivity index (χ3v) is 8.71. The highest BCUT2D eigenvalue weighted by atomic mass is 32.2. The molecule has 2 bridgehead atoms. The van der Waals surface area contributed by atoms with Gasteiger partial charge in [-0.3, -0.25) is 14.4 Å². The summed E-state index contributed by atoms with van der Waals surface area (Å²) in [7, 11) is -4.39. The lowest BCUT2D eigenvalue weighted by Gasteiger charge is -2.36. The monoisotopic (exact) mass is 427 g/mol. The third-order valence-electron chi connectivity index (χ3n) is 7.48. The first-order chi connectivity index (χ1) is 14.1. The highest BCUT2D eigenvalue weighted by Crippen LogP contribution is 2.64. The van der Waals surface area contributed by atoms with Crippen LogP contribution >= 0.6 is 0 Å². The molecule has 2 amide bonds. The van der Waals surface area contributed by atoms with Crippen molar-refractivity contribution < 1.29 is 27.1 Å². The molecule has 8 heteroatoms. The zero-order chi connectivity index (χ0) is 21.5. The molecule has 0 spiro atoms. The van der Waals surface area contributed by atoms with Crippen LogP contribution in [0.5, 0.6) is 0 Å². The van der Waals surface area contributed by atoms with Crippen LogP contribution in [-0.2, 0) is 19.2 Å². The highest BCUT2D eigenvalue weighted by Gasteiger charge is 2.65. The van der Waals surface area contributed by atoms with Gasteiger partial charge in [0.25, 0.3) is 21.9 Å². The average molecular weight is 427 g/mol. The molecule has 0 N–H and O–H groups in total. The molecule has 2 atom stereocenters. The van der Waals surface area contributed by atoms with E-state index in [1.54, 1.807) is 24.3 Å². The van der Waals surface area contributed by atoms with Crippen molar-refractivity contribution in [3.8, 4) is 0 Å². The average Bonchev–Trinajstić information content (AvgIpc) is 3.03. The SMILES string of the molecule is CC1(C)C2CC[C@@]1(CS(=O)(=O)ON1C(=O)c3cccc4cccc(c34)C1=O)C(=O)C2. The molecule has 3 aliphatic rings. The quantitative estimate of drug-likeness (QED) is 0.696. The topological polar surface area (TPSA) is 97.8 Å². The van der Waals surface area contributed by atoms with Gasteiger partial charge in [0.1, 0.15) is 5.78 Å². The maximum Gasteiger partial charge on any atom is 0.289 e. The lowest BCUT2D eigenvalue weighted by atomic mass is 9.70. The van der Waals surface area contributed by atoms with E-state index in [1.165, 1.54) is 12.1 Å². The van der Waals surface area contributed by atoms with Crippen LogP contribution in [0.4, 0.5) is 0 Å². The number of Topliss-reactive ketones (excluding diaryl/α,β-unsaturated/α-hetero) is 1. The Balaban J connectivity index is 1.50. The van der Waals surface area contributed by atoms with Gasteiger partial charge in [-0.2, -0.15) is 8.42 Å². The predicted molar refractivity (Wildman–Crippen MR) is 108 cm³/mol. The van der Waals surface area contributed by atoms with Gasteiger partial charge in [-0.1, -0.05) is 38.1 Å². The second-order valence-corrected chi connectivity index (χ2v) is 10.6. The molecule has 1 heterocycles. The Hall–Kier alpha value is -2.58. The van der Waals surface area contributed by atoms with Crippen LogP contribution < -0.4 is 0 Å². The Morgan fingerprint density at radius 1 is 1.03 bits per heavy atom. The number of amides is 2. The zero-order valence-electron chi connectivity index (χ0n) is 16.7. The van der Waals surface area contributed by atoms with Crippen molar-refractivity contribution in [3.63, 3.8) is 0 Å². The van der Waals surface area contributed by atoms with Crippen molar-refractivity contribution >= 4 is 38.5 Å². The van der Waals surface area contributed by atoms with Crippen LogP contribution in [0.15, 0.2) is 36.4 Å². The number of carbonyl (C=O) groups excluding carboxylic acids is 3. The van der Waals surface area contributed by atoms with E-state index in [-0.39, 0.29) is 22.8 Å². The van der Waals surface area contributed by atoms with Crippen LogP contribution in [-0.4, -0.2) is 36.8 Å². The number of rotatable bonds is 4. The highest BCUT2D eigenvalue weighted by molar-refractivity contribution is 7.86. The van der Waals surface area contributed by atoms with E-state index in [2.05, 4.69) is 0 Å². The summed E-state index contributed by atoms with van der Waals surface area (Å²) in [4.78, 5) is 38.5. The lowest BCUT2D eigenvalue weighted by molar-refractivity contribution is -0.128. The predicted octanol–water partition coefficient (Wildman–Crippen LogP) is 3.09. The number of ketones is 1. The molecule has 30 heavy (non-hydrogen) atoms. The van der Waals surface area contributed by atoms with E-state index in [0.717, 1.165) is 6.42 Å².